The first-order valence-corrected chi connectivity index (χ1v) is 7.16. The molecule has 0 bridgehead atoms. The summed E-state index contributed by atoms with van der Waals surface area (Å²) in [6.07, 6.45) is 5.88. The molecule has 1 aliphatic rings. The van der Waals surface area contributed by atoms with Crippen LogP contribution in [0.5, 0.6) is 0 Å². The van der Waals surface area contributed by atoms with Crippen molar-refractivity contribution in [3.63, 3.8) is 0 Å². The number of nitrogens with one attached hydrogen (secondary N) is 1. The number of halogens is 1. The summed E-state index contributed by atoms with van der Waals surface area (Å²) in [5, 5.41) is 1.17. The maximum atomic E-state index is 12.4. The number of hydrogen-bond acceptors (Lipinski definition) is 4. The molecule has 0 aliphatic heterocycles. The zero-order valence-electron chi connectivity index (χ0n) is 12.2. The minimum atomic E-state index is -0.173. The molecule has 2 aromatic heterocycles. The lowest BCUT2D eigenvalue weighted by Crippen LogP contribution is -2.18. The number of aromatic amines is 1. The highest BCUT2D eigenvalue weighted by Gasteiger charge is 2.19. The zero-order valence-corrected chi connectivity index (χ0v) is 13.0. The Labute approximate surface area is 132 Å². The predicted molar refractivity (Wildman–Crippen MR) is 85.9 cm³/mol. The lowest BCUT2D eigenvalue weighted by molar-refractivity contribution is 0.138. The Balaban J connectivity index is 2.12. The highest BCUT2D eigenvalue weighted by atomic mass is 35.5. The van der Waals surface area contributed by atoms with E-state index in [-0.39, 0.29) is 11.7 Å². The predicted octanol–water partition coefficient (Wildman–Crippen LogP) is 2.91. The van der Waals surface area contributed by atoms with E-state index < -0.39 is 0 Å². The summed E-state index contributed by atoms with van der Waals surface area (Å²) < 4.78 is 10.7. The molecule has 2 aromatic rings. The normalized spacial score (nSPS) is 18.0. The molecule has 0 saturated carbocycles. The van der Waals surface area contributed by atoms with Crippen molar-refractivity contribution in [2.75, 3.05) is 14.2 Å². The van der Waals surface area contributed by atoms with Gasteiger partial charge in [-0.3, -0.25) is 4.79 Å². The number of fused-ring (bicyclic) bond motifs is 1. The Bertz CT molecular complexity index is 839. The van der Waals surface area contributed by atoms with E-state index in [0.717, 1.165) is 11.0 Å². The molecular weight excluding hydrogens is 304 g/mol. The Morgan fingerprint density at radius 3 is 2.91 bits per heavy atom. The van der Waals surface area contributed by atoms with E-state index in [1.807, 2.05) is 18.2 Å². The van der Waals surface area contributed by atoms with Crippen LogP contribution in [0.2, 0.25) is 5.15 Å². The molecule has 22 heavy (non-hydrogen) atoms. The Morgan fingerprint density at radius 1 is 1.36 bits per heavy atom. The van der Waals surface area contributed by atoms with Crippen molar-refractivity contribution in [2.45, 2.75) is 12.5 Å². The second-order valence-electron chi connectivity index (χ2n) is 5.03. The fraction of sp³-hybridized carbons (Fsp3) is 0.250. The van der Waals surface area contributed by atoms with Gasteiger partial charge in [0, 0.05) is 30.7 Å². The number of pyridine rings is 2. The molecule has 3 rings (SSSR count). The molecule has 0 aromatic carbocycles. The monoisotopic (exact) mass is 318 g/mol. The third-order valence-electron chi connectivity index (χ3n) is 3.67. The minimum Gasteiger partial charge on any atom is -0.497 e. The molecule has 0 saturated heterocycles. The molecule has 2 heterocycles. The fourth-order valence-corrected chi connectivity index (χ4v) is 2.67. The Morgan fingerprint density at radius 2 is 2.18 bits per heavy atom. The molecule has 1 atom stereocenters. The van der Waals surface area contributed by atoms with Crippen molar-refractivity contribution in [1.29, 1.82) is 0 Å². The molecule has 0 spiro atoms. The molecule has 0 radical (unpaired) electrons. The van der Waals surface area contributed by atoms with Crippen LogP contribution < -0.4 is 5.56 Å². The van der Waals surface area contributed by atoms with E-state index in [2.05, 4.69) is 9.97 Å². The van der Waals surface area contributed by atoms with Crippen molar-refractivity contribution < 1.29 is 9.47 Å². The third kappa shape index (κ3) is 2.77. The van der Waals surface area contributed by atoms with E-state index in [9.17, 15) is 4.79 Å². The summed E-state index contributed by atoms with van der Waals surface area (Å²) in [6, 6.07) is 3.45. The third-order valence-corrected chi connectivity index (χ3v) is 3.87. The van der Waals surface area contributed by atoms with Gasteiger partial charge in [-0.2, -0.15) is 0 Å². The van der Waals surface area contributed by atoms with Gasteiger partial charge in [0.2, 0.25) is 0 Å². The van der Waals surface area contributed by atoms with Crippen LogP contribution in [-0.2, 0) is 9.47 Å². The highest BCUT2D eigenvalue weighted by molar-refractivity contribution is 6.29. The van der Waals surface area contributed by atoms with Crippen molar-refractivity contribution in [3.05, 3.63) is 57.3 Å². The number of rotatable bonds is 3. The summed E-state index contributed by atoms with van der Waals surface area (Å²) in [7, 11) is 3.22. The second kappa shape index (κ2) is 5.94. The first kappa shape index (κ1) is 14.8. The standard InChI is InChI=1S/C16H15ClN2O3/c1-21-11-3-9(4-12(6-11)22-2)13-5-10-8-18-15(17)7-14(10)19-16(13)20/h3,5-8,12H,4H2,1-2H3,(H,19,20). The van der Waals surface area contributed by atoms with Gasteiger partial charge in [-0.15, -0.1) is 0 Å². The Kier molecular flexibility index (Phi) is 4.00. The van der Waals surface area contributed by atoms with Crippen LogP contribution in [0, 0.1) is 0 Å². The van der Waals surface area contributed by atoms with Gasteiger partial charge in [0.25, 0.3) is 5.56 Å². The van der Waals surface area contributed by atoms with Crippen LogP contribution >= 0.6 is 11.6 Å². The van der Waals surface area contributed by atoms with Gasteiger partial charge >= 0.3 is 0 Å². The maximum Gasteiger partial charge on any atom is 0.255 e. The molecule has 6 heteroatoms. The molecule has 0 amide bonds. The summed E-state index contributed by atoms with van der Waals surface area (Å²) >= 11 is 5.85. The average Bonchev–Trinajstić information content (AvgIpc) is 2.53. The van der Waals surface area contributed by atoms with Crippen LogP contribution in [0.1, 0.15) is 12.0 Å². The van der Waals surface area contributed by atoms with E-state index in [1.165, 1.54) is 0 Å². The van der Waals surface area contributed by atoms with E-state index in [1.54, 1.807) is 26.5 Å². The largest absolute Gasteiger partial charge is 0.497 e. The average molecular weight is 319 g/mol. The van der Waals surface area contributed by atoms with Crippen molar-refractivity contribution in [3.8, 4) is 0 Å². The van der Waals surface area contributed by atoms with E-state index >= 15 is 0 Å². The zero-order chi connectivity index (χ0) is 15.7. The lowest BCUT2D eigenvalue weighted by atomic mass is 9.95. The first-order valence-electron chi connectivity index (χ1n) is 6.79. The summed E-state index contributed by atoms with van der Waals surface area (Å²) in [5.41, 5.74) is 1.94. The second-order valence-corrected chi connectivity index (χ2v) is 5.41. The van der Waals surface area contributed by atoms with Gasteiger partial charge in [0.1, 0.15) is 10.9 Å². The summed E-state index contributed by atoms with van der Waals surface area (Å²) in [6.45, 7) is 0. The molecule has 0 fully saturated rings. The molecule has 1 unspecified atom stereocenters. The van der Waals surface area contributed by atoms with Crippen molar-refractivity contribution >= 4 is 28.1 Å². The first-order chi connectivity index (χ1) is 10.6. The van der Waals surface area contributed by atoms with Crippen LogP contribution in [0.15, 0.2) is 41.0 Å². The number of nitrogens with zero attached hydrogens (tertiary/aromatic N) is 1. The number of allylic oxidation sites excluding steroid dienone is 1. The van der Waals surface area contributed by atoms with Gasteiger partial charge in [-0.1, -0.05) is 11.6 Å². The van der Waals surface area contributed by atoms with Gasteiger partial charge in [-0.05, 0) is 29.9 Å². The number of ether oxygens (including phenoxy) is 2. The van der Waals surface area contributed by atoms with Gasteiger partial charge in [-0.25, -0.2) is 4.98 Å². The van der Waals surface area contributed by atoms with Crippen LogP contribution in [0.3, 0.4) is 0 Å². The quantitative estimate of drug-likeness (QED) is 0.884. The lowest BCUT2D eigenvalue weighted by Gasteiger charge is -2.20. The topological polar surface area (TPSA) is 64.2 Å². The van der Waals surface area contributed by atoms with Crippen LogP contribution in [0.25, 0.3) is 16.5 Å². The molecular formula is C16H15ClN2O3. The van der Waals surface area contributed by atoms with Gasteiger partial charge in [0.05, 0.1) is 18.7 Å². The smallest absolute Gasteiger partial charge is 0.255 e. The maximum absolute atomic E-state index is 12.4. The fourth-order valence-electron chi connectivity index (χ4n) is 2.52. The highest BCUT2D eigenvalue weighted by Crippen LogP contribution is 2.27. The molecule has 1 N–H and O–H groups in total. The number of H-pyrrole nitrogens is 1. The van der Waals surface area contributed by atoms with Gasteiger partial charge < -0.3 is 14.5 Å². The molecule has 5 nitrogen and oxygen atoms in total. The molecule has 1 aliphatic carbocycles. The Hall–Kier alpha value is -2.11. The summed E-state index contributed by atoms with van der Waals surface area (Å²) in [4.78, 5) is 19.3. The number of methoxy groups -OCH3 is 2. The minimum absolute atomic E-state index is 0.117. The van der Waals surface area contributed by atoms with E-state index in [4.69, 9.17) is 21.1 Å². The van der Waals surface area contributed by atoms with Gasteiger partial charge in [0.15, 0.2) is 0 Å². The van der Waals surface area contributed by atoms with Crippen molar-refractivity contribution in [1.82, 2.24) is 9.97 Å². The van der Waals surface area contributed by atoms with Crippen LogP contribution in [0.4, 0.5) is 0 Å². The molecule has 114 valence electrons. The van der Waals surface area contributed by atoms with E-state index in [0.29, 0.717) is 28.4 Å². The summed E-state index contributed by atoms with van der Waals surface area (Å²) in [5.74, 6) is 0.682. The number of aromatic nitrogens is 2. The SMILES string of the molecule is COC1=CC(OC)CC(c2cc3cnc(Cl)cc3[nH]c2=O)=C1. The van der Waals surface area contributed by atoms with Crippen molar-refractivity contribution in [2.24, 2.45) is 0 Å². The van der Waals surface area contributed by atoms with Crippen LogP contribution in [-0.4, -0.2) is 30.3 Å². The number of hydrogen-bond donors (Lipinski definition) is 1.